The van der Waals surface area contributed by atoms with Gasteiger partial charge >= 0.3 is 6.18 Å². The summed E-state index contributed by atoms with van der Waals surface area (Å²) in [6, 6.07) is 0.437. The average Bonchev–Trinajstić information content (AvgIpc) is 2.44. The number of aromatic nitrogens is 3. The molecular weight excluding hydrogens is 231 g/mol. The van der Waals surface area contributed by atoms with E-state index in [0.29, 0.717) is 11.1 Å². The molecule has 0 amide bonds. The van der Waals surface area contributed by atoms with Crippen LogP contribution in [0, 0.1) is 6.92 Å². The topological polar surface area (TPSA) is 47.3 Å². The van der Waals surface area contributed by atoms with E-state index in [0.717, 1.165) is 15.9 Å². The predicted octanol–water partition coefficient (Wildman–Crippen LogP) is 1.48. The third-order valence-corrected chi connectivity index (χ3v) is 2.46. The van der Waals surface area contributed by atoms with Gasteiger partial charge in [0.2, 0.25) is 4.96 Å². The summed E-state index contributed by atoms with van der Waals surface area (Å²) in [5.74, 6) is 0. The summed E-state index contributed by atoms with van der Waals surface area (Å²) >= 11 is 0.937. The van der Waals surface area contributed by atoms with Crippen molar-refractivity contribution in [3.63, 3.8) is 0 Å². The normalized spacial score (nSPS) is 12.3. The van der Waals surface area contributed by atoms with E-state index in [1.54, 1.807) is 6.92 Å². The van der Waals surface area contributed by atoms with Crippen LogP contribution in [0.3, 0.4) is 0 Å². The number of aryl methyl sites for hydroxylation is 1. The number of rotatable bonds is 0. The molecule has 2 aromatic heterocycles. The molecule has 8 heteroatoms. The van der Waals surface area contributed by atoms with Crippen molar-refractivity contribution in [2.24, 2.45) is 0 Å². The van der Waals surface area contributed by atoms with Gasteiger partial charge in [0.1, 0.15) is 5.01 Å². The molecule has 0 aliphatic rings. The zero-order valence-corrected chi connectivity index (χ0v) is 8.19. The summed E-state index contributed by atoms with van der Waals surface area (Å²) in [4.78, 5) is 14.5. The molecule has 2 rings (SSSR count). The fourth-order valence-corrected chi connectivity index (χ4v) is 1.80. The van der Waals surface area contributed by atoms with Crippen LogP contribution in [0.15, 0.2) is 10.9 Å². The summed E-state index contributed by atoms with van der Waals surface area (Å²) in [6.07, 6.45) is -4.61. The fraction of sp³-hybridized carbons (Fsp3) is 0.286. The monoisotopic (exact) mass is 235 g/mol. The molecule has 0 fully saturated rings. The smallest absolute Gasteiger partial charge is 0.267 e. The summed E-state index contributed by atoms with van der Waals surface area (Å²) in [6.45, 7) is 1.59. The number of nitrogens with zero attached hydrogens (tertiary/aromatic N) is 3. The average molecular weight is 235 g/mol. The van der Waals surface area contributed by atoms with Gasteiger partial charge in [-0.2, -0.15) is 22.8 Å². The van der Waals surface area contributed by atoms with E-state index >= 15 is 0 Å². The number of halogens is 3. The van der Waals surface area contributed by atoms with Crippen molar-refractivity contribution in [3.8, 4) is 0 Å². The minimum atomic E-state index is -4.61. The molecule has 0 radical (unpaired) electrons. The minimum Gasteiger partial charge on any atom is -0.267 e. The van der Waals surface area contributed by atoms with Crippen LogP contribution in [0.25, 0.3) is 4.96 Å². The molecule has 0 aliphatic heterocycles. The van der Waals surface area contributed by atoms with Crippen LogP contribution in [0.4, 0.5) is 13.2 Å². The van der Waals surface area contributed by atoms with Gasteiger partial charge in [-0.05, 0) is 6.92 Å². The van der Waals surface area contributed by atoms with Crippen molar-refractivity contribution in [3.05, 3.63) is 27.1 Å². The molecule has 0 aromatic carbocycles. The Morgan fingerprint density at radius 2 is 2.13 bits per heavy atom. The second-order valence-electron chi connectivity index (χ2n) is 2.79. The van der Waals surface area contributed by atoms with Crippen molar-refractivity contribution >= 4 is 16.3 Å². The largest absolute Gasteiger partial charge is 0.433 e. The van der Waals surface area contributed by atoms with E-state index in [2.05, 4.69) is 10.1 Å². The SMILES string of the molecule is Cc1nn2c(=O)cc(C(F)(F)F)nc2s1. The Balaban J connectivity index is 2.78. The van der Waals surface area contributed by atoms with Crippen LogP contribution < -0.4 is 5.56 Å². The molecule has 0 atom stereocenters. The van der Waals surface area contributed by atoms with Gasteiger partial charge in [0.15, 0.2) is 5.69 Å². The maximum absolute atomic E-state index is 12.3. The van der Waals surface area contributed by atoms with E-state index in [4.69, 9.17) is 0 Å². The highest BCUT2D eigenvalue weighted by atomic mass is 32.1. The molecule has 4 nitrogen and oxygen atoms in total. The Labute approximate surface area is 85.0 Å². The van der Waals surface area contributed by atoms with E-state index in [1.165, 1.54) is 0 Å². The van der Waals surface area contributed by atoms with Gasteiger partial charge in [0, 0.05) is 6.07 Å². The lowest BCUT2D eigenvalue weighted by Gasteiger charge is -2.03. The quantitative estimate of drug-likeness (QED) is 0.694. The molecule has 0 saturated carbocycles. The maximum atomic E-state index is 12.3. The zero-order chi connectivity index (χ0) is 11.2. The van der Waals surface area contributed by atoms with Crippen molar-refractivity contribution in [2.75, 3.05) is 0 Å². The Kier molecular flexibility index (Phi) is 2.03. The first-order valence-electron chi connectivity index (χ1n) is 3.82. The van der Waals surface area contributed by atoms with Crippen molar-refractivity contribution in [1.29, 1.82) is 0 Å². The highest BCUT2D eigenvalue weighted by Crippen LogP contribution is 2.27. The van der Waals surface area contributed by atoms with E-state index in [-0.39, 0.29) is 4.96 Å². The maximum Gasteiger partial charge on any atom is 0.433 e. The first-order valence-corrected chi connectivity index (χ1v) is 4.64. The first-order chi connectivity index (χ1) is 6.88. The molecule has 0 bridgehead atoms. The highest BCUT2D eigenvalue weighted by Gasteiger charge is 2.33. The molecule has 0 N–H and O–H groups in total. The van der Waals surface area contributed by atoms with Crippen molar-refractivity contribution < 1.29 is 13.2 Å². The Hall–Kier alpha value is -1.44. The van der Waals surface area contributed by atoms with Gasteiger partial charge in [0.25, 0.3) is 5.56 Å². The molecule has 15 heavy (non-hydrogen) atoms. The third-order valence-electron chi connectivity index (χ3n) is 1.64. The zero-order valence-electron chi connectivity index (χ0n) is 7.37. The Morgan fingerprint density at radius 3 is 2.73 bits per heavy atom. The molecule has 2 aromatic rings. The third kappa shape index (κ3) is 1.72. The van der Waals surface area contributed by atoms with Gasteiger partial charge in [-0.15, -0.1) is 0 Å². The first kappa shape index (κ1) is 10.1. The van der Waals surface area contributed by atoms with Gasteiger partial charge in [0.05, 0.1) is 0 Å². The molecular formula is C7H4F3N3OS. The Morgan fingerprint density at radius 1 is 1.47 bits per heavy atom. The van der Waals surface area contributed by atoms with Gasteiger partial charge in [-0.3, -0.25) is 4.79 Å². The van der Waals surface area contributed by atoms with E-state index in [9.17, 15) is 18.0 Å². The number of fused-ring (bicyclic) bond motifs is 1. The van der Waals surface area contributed by atoms with Crippen LogP contribution in [0.5, 0.6) is 0 Å². The lowest BCUT2D eigenvalue weighted by molar-refractivity contribution is -0.141. The van der Waals surface area contributed by atoms with Crippen molar-refractivity contribution in [2.45, 2.75) is 13.1 Å². The fourth-order valence-electron chi connectivity index (χ4n) is 1.05. The van der Waals surface area contributed by atoms with Crippen LogP contribution >= 0.6 is 11.3 Å². The number of hydrogen-bond donors (Lipinski definition) is 0. The standard InChI is InChI=1S/C7H4F3N3OS/c1-3-12-13-5(14)2-4(7(8,9)10)11-6(13)15-3/h2H,1H3. The van der Waals surface area contributed by atoms with Crippen LogP contribution in [-0.2, 0) is 6.18 Å². The van der Waals surface area contributed by atoms with Crippen LogP contribution in [0.1, 0.15) is 10.7 Å². The minimum absolute atomic E-state index is 0.0488. The van der Waals surface area contributed by atoms with E-state index in [1.807, 2.05) is 0 Å². The van der Waals surface area contributed by atoms with Gasteiger partial charge in [-0.1, -0.05) is 11.3 Å². The Bertz CT molecular complexity index is 571. The molecule has 0 spiro atoms. The number of hydrogen-bond acceptors (Lipinski definition) is 4. The van der Waals surface area contributed by atoms with E-state index < -0.39 is 17.4 Å². The molecule has 80 valence electrons. The molecule has 0 saturated heterocycles. The highest BCUT2D eigenvalue weighted by molar-refractivity contribution is 7.16. The molecule has 0 unspecified atom stereocenters. The second-order valence-corrected chi connectivity index (χ2v) is 3.95. The van der Waals surface area contributed by atoms with Crippen LogP contribution in [-0.4, -0.2) is 14.6 Å². The predicted molar refractivity (Wildman–Crippen MR) is 46.9 cm³/mol. The summed E-state index contributed by atoms with van der Waals surface area (Å²) < 4.78 is 37.7. The van der Waals surface area contributed by atoms with Gasteiger partial charge in [-0.25, -0.2) is 4.98 Å². The van der Waals surface area contributed by atoms with Crippen LogP contribution in [0.2, 0.25) is 0 Å². The summed E-state index contributed by atoms with van der Waals surface area (Å²) in [7, 11) is 0. The molecule has 2 heterocycles. The lowest BCUT2D eigenvalue weighted by Crippen LogP contribution is -2.19. The van der Waals surface area contributed by atoms with Crippen molar-refractivity contribution in [1.82, 2.24) is 14.6 Å². The van der Waals surface area contributed by atoms with Gasteiger partial charge < -0.3 is 0 Å². The lowest BCUT2D eigenvalue weighted by atomic mass is 10.4. The second kappa shape index (κ2) is 3.02. The number of alkyl halides is 3. The molecule has 0 aliphatic carbocycles. The summed E-state index contributed by atoms with van der Waals surface area (Å²) in [5.41, 5.74) is -2.01. The summed E-state index contributed by atoms with van der Waals surface area (Å²) in [5, 5.41) is 4.21.